The molecular formula is C38H48Br3N7O6. The number of carbonyl (C=O) groups is 4. The molecule has 4 rings (SSSR count). The van der Waals surface area contributed by atoms with Crippen LogP contribution in [0.15, 0.2) is 74.3 Å². The number of rotatable bonds is 15. The maximum Gasteiger partial charge on any atom is 0.407 e. The molecule has 3 aromatic rings. The number of benzene rings is 2. The predicted octanol–water partition coefficient (Wildman–Crippen LogP) is 6.06. The number of ether oxygens (including phenoxy) is 1. The van der Waals surface area contributed by atoms with Gasteiger partial charge in [-0.25, -0.2) is 9.59 Å². The monoisotopic (exact) mass is 935 g/mol. The number of carbonyl (C=O) groups excluding carboxylic acids is 4. The minimum atomic E-state index is -1.06. The smallest absolute Gasteiger partial charge is 0.407 e. The second kappa shape index (κ2) is 20.7. The molecule has 2 heterocycles. The van der Waals surface area contributed by atoms with Crippen molar-refractivity contribution < 1.29 is 29.0 Å². The van der Waals surface area contributed by atoms with E-state index in [1.807, 2.05) is 36.4 Å². The van der Waals surface area contributed by atoms with E-state index in [1.54, 1.807) is 50.2 Å². The molecule has 1 fully saturated rings. The number of nitrogens with zero attached hydrogens (tertiary/aromatic N) is 3. The topological polar surface area (TPSA) is 165 Å². The summed E-state index contributed by atoms with van der Waals surface area (Å²) < 4.78 is 7.10. The molecule has 1 aliphatic heterocycles. The number of nitrogens with one attached hydrogen (secondary N) is 4. The SMILES string of the molecule is CC(C)(C)OC(=O)NCCCC[C@H](NC(=O)[C@H](Cc1cc(Br)c(O)c(Br)c1)NC(=O)NCCc1cccc(Br)c1)C(=O)N1CCN(c2ccncc2)CC1. The number of amides is 5. The average Bonchev–Trinajstić information content (AvgIpc) is 3.12. The lowest BCUT2D eigenvalue weighted by atomic mass is 10.0. The van der Waals surface area contributed by atoms with Gasteiger partial charge in [0.15, 0.2) is 0 Å². The number of piperazine rings is 1. The Bertz CT molecular complexity index is 1710. The molecule has 0 aliphatic carbocycles. The van der Waals surface area contributed by atoms with Gasteiger partial charge < -0.3 is 40.9 Å². The molecule has 2 atom stereocenters. The third-order valence-corrected chi connectivity index (χ3v) is 10.3. The van der Waals surface area contributed by atoms with Crippen LogP contribution in [0.3, 0.4) is 0 Å². The van der Waals surface area contributed by atoms with Gasteiger partial charge in [0.25, 0.3) is 0 Å². The number of alkyl carbamates (subject to hydrolysis) is 1. The van der Waals surface area contributed by atoms with Crippen LogP contribution in [-0.2, 0) is 27.2 Å². The molecule has 2 aromatic carbocycles. The number of urea groups is 1. The average molecular weight is 939 g/mol. The summed E-state index contributed by atoms with van der Waals surface area (Å²) in [7, 11) is 0. The zero-order chi connectivity index (χ0) is 39.3. The molecule has 0 spiro atoms. The van der Waals surface area contributed by atoms with Gasteiger partial charge in [-0.2, -0.15) is 0 Å². The van der Waals surface area contributed by atoms with Crippen LogP contribution in [0.1, 0.15) is 51.2 Å². The van der Waals surface area contributed by atoms with E-state index in [1.165, 1.54) is 0 Å². The third kappa shape index (κ3) is 14.1. The van der Waals surface area contributed by atoms with Crippen molar-refractivity contribution in [2.24, 2.45) is 0 Å². The lowest BCUT2D eigenvalue weighted by Crippen LogP contribution is -2.58. The molecule has 1 aliphatic rings. The van der Waals surface area contributed by atoms with Gasteiger partial charge >= 0.3 is 12.1 Å². The molecule has 0 bridgehead atoms. The van der Waals surface area contributed by atoms with E-state index < -0.39 is 35.7 Å². The molecule has 16 heteroatoms. The highest BCUT2D eigenvalue weighted by Crippen LogP contribution is 2.33. The summed E-state index contributed by atoms with van der Waals surface area (Å²) in [5.41, 5.74) is 2.09. The Balaban J connectivity index is 1.46. The van der Waals surface area contributed by atoms with Crippen LogP contribution in [0.25, 0.3) is 0 Å². The van der Waals surface area contributed by atoms with E-state index in [0.717, 1.165) is 15.7 Å². The molecular weight excluding hydrogens is 890 g/mol. The van der Waals surface area contributed by atoms with Crippen LogP contribution in [0, 0.1) is 0 Å². The van der Waals surface area contributed by atoms with E-state index in [9.17, 15) is 24.3 Å². The van der Waals surface area contributed by atoms with Crippen molar-refractivity contribution in [1.29, 1.82) is 0 Å². The molecule has 1 aromatic heterocycles. The molecule has 0 unspecified atom stereocenters. The molecule has 5 amide bonds. The van der Waals surface area contributed by atoms with E-state index in [0.29, 0.717) is 79.5 Å². The normalized spacial score (nSPS) is 14.1. The molecule has 1 saturated heterocycles. The maximum atomic E-state index is 14.1. The standard InChI is InChI=1S/C38H48Br3N7O6/c1-38(2,3)54-37(53)44-13-5-4-9-31(35(51)48-19-17-47(18-20-48)28-11-14-42-15-12-28)45-34(50)32(24-26-22-29(40)33(49)30(41)23-26)46-36(52)43-16-10-25-7-6-8-27(39)21-25/h6-8,11-12,14-15,21-23,31-32,49H,4-5,9-10,13,16-20,24H2,1-3H3,(H,44,53)(H,45,50)(H2,43,46,52)/t31-,32-/m0/s1. The highest BCUT2D eigenvalue weighted by Gasteiger charge is 2.31. The first-order valence-corrected chi connectivity index (χ1v) is 20.2. The highest BCUT2D eigenvalue weighted by atomic mass is 79.9. The minimum Gasteiger partial charge on any atom is -0.506 e. The van der Waals surface area contributed by atoms with Gasteiger partial charge in [0, 0.05) is 68.2 Å². The molecule has 292 valence electrons. The first-order chi connectivity index (χ1) is 25.7. The number of hydrogen-bond donors (Lipinski definition) is 5. The van der Waals surface area contributed by atoms with E-state index in [2.05, 4.69) is 78.9 Å². The summed E-state index contributed by atoms with van der Waals surface area (Å²) >= 11 is 10.2. The molecule has 54 heavy (non-hydrogen) atoms. The maximum absolute atomic E-state index is 14.1. The zero-order valence-corrected chi connectivity index (χ0v) is 35.4. The van der Waals surface area contributed by atoms with Crippen molar-refractivity contribution in [1.82, 2.24) is 31.2 Å². The number of phenolic OH excluding ortho intramolecular Hbond substituents is 1. The van der Waals surface area contributed by atoms with E-state index in [-0.39, 0.29) is 18.1 Å². The molecule has 0 saturated carbocycles. The van der Waals surface area contributed by atoms with Gasteiger partial charge in [-0.15, -0.1) is 0 Å². The number of halogens is 3. The van der Waals surface area contributed by atoms with Crippen LogP contribution in [0.4, 0.5) is 15.3 Å². The van der Waals surface area contributed by atoms with Gasteiger partial charge in [-0.3, -0.25) is 14.6 Å². The zero-order valence-electron chi connectivity index (χ0n) is 30.7. The van der Waals surface area contributed by atoms with Gasteiger partial charge in [0.2, 0.25) is 11.8 Å². The number of anilines is 1. The summed E-state index contributed by atoms with van der Waals surface area (Å²) in [6, 6.07) is 12.5. The summed E-state index contributed by atoms with van der Waals surface area (Å²) in [6.07, 6.45) is 4.99. The number of aromatic hydroxyl groups is 1. The first kappa shape index (κ1) is 42.8. The van der Waals surface area contributed by atoms with Gasteiger partial charge in [-0.1, -0.05) is 28.1 Å². The fourth-order valence-electron chi connectivity index (χ4n) is 5.87. The Morgan fingerprint density at radius 2 is 1.54 bits per heavy atom. The summed E-state index contributed by atoms with van der Waals surface area (Å²) in [6.45, 7) is 8.19. The van der Waals surface area contributed by atoms with Crippen molar-refractivity contribution in [3.8, 4) is 5.75 Å². The number of phenols is 1. The lowest BCUT2D eigenvalue weighted by Gasteiger charge is -2.37. The van der Waals surface area contributed by atoms with Crippen molar-refractivity contribution in [3.05, 3.63) is 85.5 Å². The second-order valence-electron chi connectivity index (χ2n) is 13.9. The largest absolute Gasteiger partial charge is 0.506 e. The van der Waals surface area contributed by atoms with Crippen molar-refractivity contribution >= 4 is 77.4 Å². The molecule has 5 N–H and O–H groups in total. The summed E-state index contributed by atoms with van der Waals surface area (Å²) in [5, 5.41) is 21.6. The minimum absolute atomic E-state index is 0.00819. The van der Waals surface area contributed by atoms with Crippen molar-refractivity contribution in [3.63, 3.8) is 0 Å². The van der Waals surface area contributed by atoms with Crippen LogP contribution >= 0.6 is 47.8 Å². The highest BCUT2D eigenvalue weighted by molar-refractivity contribution is 9.11. The quantitative estimate of drug-likeness (QED) is 0.115. The van der Waals surface area contributed by atoms with Crippen LogP contribution in [0.2, 0.25) is 0 Å². The Labute approximate surface area is 341 Å². The van der Waals surface area contributed by atoms with Gasteiger partial charge in [-0.05, 0) is 126 Å². The molecule has 13 nitrogen and oxygen atoms in total. The Morgan fingerprint density at radius 1 is 0.852 bits per heavy atom. The summed E-state index contributed by atoms with van der Waals surface area (Å²) in [4.78, 5) is 61.6. The number of hydrogen-bond acceptors (Lipinski definition) is 8. The van der Waals surface area contributed by atoms with Crippen molar-refractivity contribution in [2.75, 3.05) is 44.2 Å². The molecule has 0 radical (unpaired) electrons. The van der Waals surface area contributed by atoms with Crippen LogP contribution in [0.5, 0.6) is 5.75 Å². The van der Waals surface area contributed by atoms with Crippen molar-refractivity contribution in [2.45, 2.75) is 70.6 Å². The van der Waals surface area contributed by atoms with Gasteiger partial charge in [0.1, 0.15) is 23.4 Å². The predicted molar refractivity (Wildman–Crippen MR) is 218 cm³/mol. The first-order valence-electron chi connectivity index (χ1n) is 17.8. The number of pyridine rings is 1. The summed E-state index contributed by atoms with van der Waals surface area (Å²) in [5.74, 6) is -0.739. The van der Waals surface area contributed by atoms with Gasteiger partial charge in [0.05, 0.1) is 8.95 Å². The fraction of sp³-hybridized carbons (Fsp3) is 0.447. The Hall–Kier alpha value is -3.89. The van der Waals surface area contributed by atoms with Crippen LogP contribution < -0.4 is 26.2 Å². The number of aromatic nitrogens is 1. The van der Waals surface area contributed by atoms with E-state index in [4.69, 9.17) is 4.74 Å². The fourth-order valence-corrected chi connectivity index (χ4v) is 7.60. The lowest BCUT2D eigenvalue weighted by molar-refractivity contribution is -0.137. The Morgan fingerprint density at radius 3 is 2.19 bits per heavy atom. The third-order valence-electron chi connectivity index (χ3n) is 8.55. The Kier molecular flexibility index (Phi) is 16.4. The van der Waals surface area contributed by atoms with Crippen LogP contribution in [-0.4, -0.2) is 95.9 Å². The second-order valence-corrected chi connectivity index (χ2v) is 16.6. The number of unbranched alkanes of at least 4 members (excludes halogenated alkanes) is 1. The van der Waals surface area contributed by atoms with E-state index >= 15 is 0 Å².